The lowest BCUT2D eigenvalue weighted by Crippen LogP contribution is -2.36. The van der Waals surface area contributed by atoms with Crippen LogP contribution in [-0.2, 0) is 9.57 Å². The van der Waals surface area contributed by atoms with Gasteiger partial charge in [0.15, 0.2) is 6.10 Å². The first kappa shape index (κ1) is 13.9. The number of nitrogens with zero attached hydrogens (tertiary/aromatic N) is 3. The van der Waals surface area contributed by atoms with Gasteiger partial charge in [-0.1, -0.05) is 5.16 Å². The maximum absolute atomic E-state index is 12.1. The summed E-state index contributed by atoms with van der Waals surface area (Å²) < 4.78 is 5.41. The van der Waals surface area contributed by atoms with Crippen molar-refractivity contribution in [1.82, 2.24) is 9.88 Å². The molecular formula is C15H19N3O3. The van der Waals surface area contributed by atoms with Crippen molar-refractivity contribution in [1.29, 1.82) is 0 Å². The summed E-state index contributed by atoms with van der Waals surface area (Å²) in [4.78, 5) is 23.4. The van der Waals surface area contributed by atoms with Gasteiger partial charge in [0.2, 0.25) is 0 Å². The van der Waals surface area contributed by atoms with Crippen LogP contribution in [0.2, 0.25) is 0 Å². The first-order chi connectivity index (χ1) is 9.94. The molecule has 3 rings (SSSR count). The van der Waals surface area contributed by atoms with Gasteiger partial charge in [-0.25, -0.2) is 4.79 Å². The average molecular weight is 289 g/mol. The van der Waals surface area contributed by atoms with Crippen molar-refractivity contribution in [3.8, 4) is 0 Å². The molecule has 1 aromatic rings. The monoisotopic (exact) mass is 289 g/mol. The molecular weight excluding hydrogens is 270 g/mol. The van der Waals surface area contributed by atoms with Gasteiger partial charge in [0, 0.05) is 24.5 Å². The maximum atomic E-state index is 12.1. The van der Waals surface area contributed by atoms with Crippen LogP contribution in [0, 0.1) is 5.92 Å². The van der Waals surface area contributed by atoms with E-state index >= 15 is 0 Å². The molecule has 6 nitrogen and oxygen atoms in total. The summed E-state index contributed by atoms with van der Waals surface area (Å²) >= 11 is 0. The molecule has 2 aliphatic rings. The first-order valence-electron chi connectivity index (χ1n) is 7.06. The van der Waals surface area contributed by atoms with Gasteiger partial charge in [-0.15, -0.1) is 0 Å². The Labute approximate surface area is 123 Å². The van der Waals surface area contributed by atoms with E-state index in [4.69, 9.17) is 9.57 Å². The smallest absolute Gasteiger partial charge is 0.410 e. The SMILES string of the molecule is CC(C)(C)OC(=O)N1C[C@@H]2ON=C(c3cccnc3)[C@@H]2C1. The zero-order valence-electron chi connectivity index (χ0n) is 12.4. The first-order valence-corrected chi connectivity index (χ1v) is 7.06. The summed E-state index contributed by atoms with van der Waals surface area (Å²) in [6.07, 6.45) is 3.10. The molecule has 0 N–H and O–H groups in total. The minimum absolute atomic E-state index is 0.0849. The Morgan fingerprint density at radius 2 is 2.24 bits per heavy atom. The van der Waals surface area contributed by atoms with Crippen LogP contribution in [0.25, 0.3) is 0 Å². The topological polar surface area (TPSA) is 64.0 Å². The van der Waals surface area contributed by atoms with E-state index in [1.807, 2.05) is 32.9 Å². The molecule has 1 aromatic heterocycles. The van der Waals surface area contributed by atoms with Crippen LogP contribution < -0.4 is 0 Å². The Morgan fingerprint density at radius 3 is 2.90 bits per heavy atom. The van der Waals surface area contributed by atoms with Crippen molar-refractivity contribution >= 4 is 11.8 Å². The molecule has 0 aromatic carbocycles. The van der Waals surface area contributed by atoms with Crippen LogP contribution in [0.4, 0.5) is 4.79 Å². The maximum Gasteiger partial charge on any atom is 0.410 e. The number of likely N-dealkylation sites (tertiary alicyclic amines) is 1. The van der Waals surface area contributed by atoms with E-state index < -0.39 is 5.60 Å². The third kappa shape index (κ3) is 2.84. The summed E-state index contributed by atoms with van der Waals surface area (Å²) in [5, 5.41) is 4.16. The van der Waals surface area contributed by atoms with E-state index in [2.05, 4.69) is 10.1 Å². The predicted molar refractivity (Wildman–Crippen MR) is 76.9 cm³/mol. The van der Waals surface area contributed by atoms with Gasteiger partial charge in [0.25, 0.3) is 0 Å². The van der Waals surface area contributed by atoms with Crippen molar-refractivity contribution < 1.29 is 14.4 Å². The number of hydrogen-bond donors (Lipinski definition) is 0. The van der Waals surface area contributed by atoms with E-state index in [-0.39, 0.29) is 18.1 Å². The summed E-state index contributed by atoms with van der Waals surface area (Å²) in [5.74, 6) is 0.0849. The van der Waals surface area contributed by atoms with Gasteiger partial charge in [-0.3, -0.25) is 4.98 Å². The lowest BCUT2D eigenvalue weighted by Gasteiger charge is -2.24. The standard InChI is InChI=1S/C15H19N3O3/c1-15(2,3)20-14(19)18-8-11-12(9-18)21-17-13(11)10-5-4-6-16-7-10/h4-7,11-12H,8-9H2,1-3H3/t11-,12+/m1/s1. The minimum Gasteiger partial charge on any atom is -0.444 e. The van der Waals surface area contributed by atoms with E-state index in [0.29, 0.717) is 13.1 Å². The molecule has 112 valence electrons. The fourth-order valence-corrected chi connectivity index (χ4v) is 2.59. The van der Waals surface area contributed by atoms with Crippen LogP contribution in [0.5, 0.6) is 0 Å². The van der Waals surface area contributed by atoms with Gasteiger partial charge in [0.05, 0.1) is 18.2 Å². The largest absolute Gasteiger partial charge is 0.444 e. The lowest BCUT2D eigenvalue weighted by molar-refractivity contribution is 0.0228. The Hall–Kier alpha value is -2.11. The molecule has 21 heavy (non-hydrogen) atoms. The fraction of sp³-hybridized carbons (Fsp3) is 0.533. The minimum atomic E-state index is -0.490. The summed E-state index contributed by atoms with van der Waals surface area (Å²) in [7, 11) is 0. The number of carbonyl (C=O) groups is 1. The second kappa shape index (κ2) is 5.02. The Bertz CT molecular complexity index is 565. The summed E-state index contributed by atoms with van der Waals surface area (Å²) in [5.41, 5.74) is 1.31. The van der Waals surface area contributed by atoms with Crippen LogP contribution in [-0.4, -0.2) is 46.5 Å². The second-order valence-corrected chi connectivity index (χ2v) is 6.35. The van der Waals surface area contributed by atoms with Gasteiger partial charge in [-0.05, 0) is 32.9 Å². The summed E-state index contributed by atoms with van der Waals surface area (Å²) in [6.45, 7) is 6.66. The zero-order valence-corrected chi connectivity index (χ0v) is 12.4. The molecule has 0 unspecified atom stereocenters. The third-order valence-electron chi connectivity index (χ3n) is 3.51. The van der Waals surface area contributed by atoms with Gasteiger partial charge in [-0.2, -0.15) is 0 Å². The fourth-order valence-electron chi connectivity index (χ4n) is 2.59. The quantitative estimate of drug-likeness (QED) is 0.793. The Kier molecular flexibility index (Phi) is 3.31. The second-order valence-electron chi connectivity index (χ2n) is 6.35. The highest BCUT2D eigenvalue weighted by atomic mass is 16.6. The van der Waals surface area contributed by atoms with Crippen LogP contribution in [0.3, 0.4) is 0 Å². The molecule has 6 heteroatoms. The van der Waals surface area contributed by atoms with E-state index in [0.717, 1.165) is 11.3 Å². The van der Waals surface area contributed by atoms with Crippen LogP contribution >= 0.6 is 0 Å². The van der Waals surface area contributed by atoms with Crippen molar-refractivity contribution in [2.45, 2.75) is 32.5 Å². The molecule has 0 spiro atoms. The van der Waals surface area contributed by atoms with Gasteiger partial charge in [0.1, 0.15) is 5.60 Å². The van der Waals surface area contributed by atoms with Crippen molar-refractivity contribution in [2.75, 3.05) is 13.1 Å². The van der Waals surface area contributed by atoms with Gasteiger partial charge >= 0.3 is 6.09 Å². The normalized spacial score (nSPS) is 24.3. The number of amides is 1. The Balaban J connectivity index is 1.70. The molecule has 1 fully saturated rings. The van der Waals surface area contributed by atoms with Crippen molar-refractivity contribution in [3.05, 3.63) is 30.1 Å². The van der Waals surface area contributed by atoms with E-state index in [9.17, 15) is 4.79 Å². The van der Waals surface area contributed by atoms with Crippen LogP contribution in [0.1, 0.15) is 26.3 Å². The zero-order chi connectivity index (χ0) is 15.0. The molecule has 1 amide bonds. The number of hydrogen-bond acceptors (Lipinski definition) is 5. The molecule has 0 aliphatic carbocycles. The molecule has 1 saturated heterocycles. The number of rotatable bonds is 1. The number of ether oxygens (including phenoxy) is 1. The van der Waals surface area contributed by atoms with E-state index in [1.54, 1.807) is 17.3 Å². The molecule has 0 radical (unpaired) electrons. The van der Waals surface area contributed by atoms with Crippen molar-refractivity contribution in [3.63, 3.8) is 0 Å². The number of pyridine rings is 1. The highest BCUT2D eigenvalue weighted by Gasteiger charge is 2.45. The van der Waals surface area contributed by atoms with Crippen LogP contribution in [0.15, 0.2) is 29.7 Å². The highest BCUT2D eigenvalue weighted by Crippen LogP contribution is 2.30. The highest BCUT2D eigenvalue weighted by molar-refractivity contribution is 6.03. The van der Waals surface area contributed by atoms with E-state index in [1.165, 1.54) is 0 Å². The number of carbonyl (C=O) groups excluding carboxylic acids is 1. The molecule has 0 saturated carbocycles. The van der Waals surface area contributed by atoms with Gasteiger partial charge < -0.3 is 14.5 Å². The summed E-state index contributed by atoms with van der Waals surface area (Å²) in [6, 6.07) is 3.82. The third-order valence-corrected chi connectivity index (χ3v) is 3.51. The van der Waals surface area contributed by atoms with Crippen molar-refractivity contribution in [2.24, 2.45) is 11.1 Å². The molecule has 2 aliphatic heterocycles. The lowest BCUT2D eigenvalue weighted by atomic mass is 9.96. The average Bonchev–Trinajstić information content (AvgIpc) is 2.97. The number of oxime groups is 1. The Morgan fingerprint density at radius 1 is 1.43 bits per heavy atom. The number of fused-ring (bicyclic) bond motifs is 1. The number of aromatic nitrogens is 1. The molecule has 3 heterocycles. The molecule has 2 atom stereocenters. The molecule has 0 bridgehead atoms. The predicted octanol–water partition coefficient (Wildman–Crippen LogP) is 2.05.